The monoisotopic (exact) mass is 292 g/mol. The van der Waals surface area contributed by atoms with Crippen molar-refractivity contribution in [2.75, 3.05) is 26.7 Å². The zero-order valence-electron chi connectivity index (χ0n) is 14.2. The van der Waals surface area contributed by atoms with Crippen molar-refractivity contribution in [2.45, 2.75) is 83.1 Å². The third kappa shape index (κ3) is 3.82. The van der Waals surface area contributed by atoms with E-state index in [0.29, 0.717) is 5.41 Å². The molecule has 0 spiro atoms. The molecule has 0 aromatic heterocycles. The predicted molar refractivity (Wildman–Crippen MR) is 90.6 cm³/mol. The van der Waals surface area contributed by atoms with Crippen LogP contribution in [0.25, 0.3) is 0 Å². The lowest BCUT2D eigenvalue weighted by atomic mass is 9.75. The summed E-state index contributed by atoms with van der Waals surface area (Å²) in [4.78, 5) is 2.94. The van der Waals surface area contributed by atoms with Crippen molar-refractivity contribution >= 4 is 0 Å². The van der Waals surface area contributed by atoms with Crippen LogP contribution in [0, 0.1) is 11.3 Å². The molecule has 1 saturated heterocycles. The first-order valence-electron chi connectivity index (χ1n) is 9.72. The number of nitrogens with zero attached hydrogens (tertiary/aromatic N) is 1. The maximum atomic E-state index is 3.54. The predicted octanol–water partition coefficient (Wildman–Crippen LogP) is 4.20. The maximum Gasteiger partial charge on any atom is 0.0124 e. The van der Waals surface area contributed by atoms with E-state index < -0.39 is 0 Å². The highest BCUT2D eigenvalue weighted by molar-refractivity contribution is 4.93. The number of nitrogens with one attached hydrogen (secondary N) is 1. The zero-order chi connectivity index (χ0) is 14.5. The van der Waals surface area contributed by atoms with Crippen molar-refractivity contribution in [3.8, 4) is 0 Å². The fraction of sp³-hybridized carbons (Fsp3) is 1.00. The van der Waals surface area contributed by atoms with Crippen molar-refractivity contribution in [2.24, 2.45) is 11.3 Å². The minimum Gasteiger partial charge on any atom is -0.319 e. The quantitative estimate of drug-likeness (QED) is 0.781. The molecule has 1 N–H and O–H groups in total. The Hall–Kier alpha value is -0.0800. The molecule has 2 atom stereocenters. The average Bonchev–Trinajstić information content (AvgIpc) is 2.74. The summed E-state index contributed by atoms with van der Waals surface area (Å²) in [6.07, 6.45) is 17.7. The Labute approximate surface area is 132 Å². The number of piperidine rings is 1. The van der Waals surface area contributed by atoms with Gasteiger partial charge in [-0.25, -0.2) is 0 Å². The van der Waals surface area contributed by atoms with E-state index in [-0.39, 0.29) is 0 Å². The highest BCUT2D eigenvalue weighted by Gasteiger charge is 2.38. The van der Waals surface area contributed by atoms with Gasteiger partial charge in [-0.05, 0) is 63.5 Å². The van der Waals surface area contributed by atoms with E-state index in [0.717, 1.165) is 12.0 Å². The van der Waals surface area contributed by atoms with Crippen LogP contribution in [0.15, 0.2) is 0 Å². The molecule has 21 heavy (non-hydrogen) atoms. The molecular formula is C19H36N2. The smallest absolute Gasteiger partial charge is 0.0124 e. The van der Waals surface area contributed by atoms with Crippen LogP contribution >= 0.6 is 0 Å². The first-order valence-corrected chi connectivity index (χ1v) is 9.72. The second-order valence-corrected chi connectivity index (χ2v) is 8.17. The van der Waals surface area contributed by atoms with Crippen molar-refractivity contribution in [1.29, 1.82) is 0 Å². The molecule has 3 rings (SSSR count). The van der Waals surface area contributed by atoms with Gasteiger partial charge in [-0.2, -0.15) is 0 Å². The number of likely N-dealkylation sites (tertiary alicyclic amines) is 1. The molecular weight excluding hydrogens is 256 g/mol. The second-order valence-electron chi connectivity index (χ2n) is 8.17. The Kier molecular flexibility index (Phi) is 5.61. The minimum absolute atomic E-state index is 0.574. The zero-order valence-corrected chi connectivity index (χ0v) is 14.2. The molecule has 2 heteroatoms. The maximum absolute atomic E-state index is 3.54. The first-order chi connectivity index (χ1) is 10.3. The largest absolute Gasteiger partial charge is 0.319 e. The van der Waals surface area contributed by atoms with Gasteiger partial charge >= 0.3 is 0 Å². The van der Waals surface area contributed by atoms with E-state index in [1.165, 1.54) is 96.7 Å². The summed E-state index contributed by atoms with van der Waals surface area (Å²) in [5.74, 6) is 1.03. The fourth-order valence-electron chi connectivity index (χ4n) is 5.60. The lowest BCUT2D eigenvalue weighted by Gasteiger charge is -2.48. The number of fused-ring (bicyclic) bond motifs is 1. The van der Waals surface area contributed by atoms with E-state index >= 15 is 0 Å². The van der Waals surface area contributed by atoms with Crippen LogP contribution in [0.5, 0.6) is 0 Å². The Morgan fingerprint density at radius 3 is 2.38 bits per heavy atom. The van der Waals surface area contributed by atoms with Crippen LogP contribution in [0.4, 0.5) is 0 Å². The molecule has 0 amide bonds. The Balaban J connectivity index is 1.68. The summed E-state index contributed by atoms with van der Waals surface area (Å²) < 4.78 is 0. The molecule has 0 bridgehead atoms. The fourth-order valence-corrected chi connectivity index (χ4v) is 5.60. The molecule has 0 aromatic carbocycles. The Bertz CT molecular complexity index is 305. The molecule has 3 fully saturated rings. The topological polar surface area (TPSA) is 15.3 Å². The van der Waals surface area contributed by atoms with Crippen molar-refractivity contribution in [3.63, 3.8) is 0 Å². The van der Waals surface area contributed by atoms with E-state index in [2.05, 4.69) is 17.3 Å². The summed E-state index contributed by atoms with van der Waals surface area (Å²) in [6.45, 7) is 4.00. The standard InChI is InChI=1S/C19H36N2/c1-20-15-19(12-6-2-3-7-13-19)16-21-14-8-10-17-9-4-5-11-18(17)21/h17-18,20H,2-16H2,1H3. The molecule has 1 heterocycles. The Morgan fingerprint density at radius 2 is 1.62 bits per heavy atom. The molecule has 3 aliphatic rings. The van der Waals surface area contributed by atoms with Gasteiger partial charge in [0.2, 0.25) is 0 Å². The van der Waals surface area contributed by atoms with Crippen LogP contribution in [0.2, 0.25) is 0 Å². The van der Waals surface area contributed by atoms with Crippen LogP contribution < -0.4 is 5.32 Å². The Morgan fingerprint density at radius 1 is 0.905 bits per heavy atom. The van der Waals surface area contributed by atoms with Gasteiger partial charge in [-0.1, -0.05) is 38.5 Å². The molecule has 0 radical (unpaired) electrons. The molecule has 2 nitrogen and oxygen atoms in total. The molecule has 2 aliphatic carbocycles. The highest BCUT2D eigenvalue weighted by Crippen LogP contribution is 2.40. The van der Waals surface area contributed by atoms with Gasteiger partial charge in [-0.15, -0.1) is 0 Å². The van der Waals surface area contributed by atoms with Gasteiger partial charge in [0.15, 0.2) is 0 Å². The van der Waals surface area contributed by atoms with Crippen molar-refractivity contribution in [1.82, 2.24) is 10.2 Å². The third-order valence-electron chi connectivity index (χ3n) is 6.61. The van der Waals surface area contributed by atoms with Gasteiger partial charge in [0.25, 0.3) is 0 Å². The minimum atomic E-state index is 0.574. The van der Waals surface area contributed by atoms with Crippen molar-refractivity contribution < 1.29 is 0 Å². The van der Waals surface area contributed by atoms with Gasteiger partial charge in [-0.3, -0.25) is 4.90 Å². The first kappa shape index (κ1) is 15.8. The van der Waals surface area contributed by atoms with Gasteiger partial charge in [0.1, 0.15) is 0 Å². The SMILES string of the molecule is CNCC1(CN2CCCC3CCCCC32)CCCCCC1. The normalized spacial score (nSPS) is 34.1. The molecule has 2 unspecified atom stereocenters. The second kappa shape index (κ2) is 7.46. The van der Waals surface area contributed by atoms with Gasteiger partial charge in [0, 0.05) is 19.1 Å². The van der Waals surface area contributed by atoms with E-state index in [9.17, 15) is 0 Å². The van der Waals surface area contributed by atoms with E-state index in [1.54, 1.807) is 0 Å². The summed E-state index contributed by atoms with van der Waals surface area (Å²) in [5, 5.41) is 3.54. The molecule has 0 aromatic rings. The van der Waals surface area contributed by atoms with Gasteiger partial charge < -0.3 is 5.32 Å². The van der Waals surface area contributed by atoms with Crippen LogP contribution in [0.1, 0.15) is 77.0 Å². The highest BCUT2D eigenvalue weighted by atomic mass is 15.2. The molecule has 2 saturated carbocycles. The summed E-state index contributed by atoms with van der Waals surface area (Å²) in [7, 11) is 2.16. The van der Waals surface area contributed by atoms with Crippen molar-refractivity contribution in [3.05, 3.63) is 0 Å². The molecule has 122 valence electrons. The molecule has 1 aliphatic heterocycles. The van der Waals surface area contributed by atoms with Gasteiger partial charge in [0.05, 0.1) is 0 Å². The summed E-state index contributed by atoms with van der Waals surface area (Å²) in [6, 6.07) is 0.935. The van der Waals surface area contributed by atoms with Crippen LogP contribution in [-0.4, -0.2) is 37.6 Å². The third-order valence-corrected chi connectivity index (χ3v) is 6.61. The number of rotatable bonds is 4. The number of hydrogen-bond donors (Lipinski definition) is 1. The summed E-state index contributed by atoms with van der Waals surface area (Å²) in [5.41, 5.74) is 0.574. The van der Waals surface area contributed by atoms with Crippen LogP contribution in [0.3, 0.4) is 0 Å². The number of hydrogen-bond acceptors (Lipinski definition) is 2. The van der Waals surface area contributed by atoms with E-state index in [4.69, 9.17) is 0 Å². The average molecular weight is 293 g/mol. The lowest BCUT2D eigenvalue weighted by Crippen LogP contribution is -2.52. The van der Waals surface area contributed by atoms with E-state index in [1.807, 2.05) is 0 Å². The van der Waals surface area contributed by atoms with Crippen LogP contribution in [-0.2, 0) is 0 Å². The lowest BCUT2D eigenvalue weighted by molar-refractivity contribution is 0.0184. The summed E-state index contributed by atoms with van der Waals surface area (Å²) >= 11 is 0.